The third-order valence-corrected chi connectivity index (χ3v) is 4.23. The first-order chi connectivity index (χ1) is 7.27. The number of allylic oxidation sites excluding steroid dienone is 1. The summed E-state index contributed by atoms with van der Waals surface area (Å²) in [5.41, 5.74) is 1.01. The van der Waals surface area contributed by atoms with Gasteiger partial charge in [-0.2, -0.15) is 0 Å². The summed E-state index contributed by atoms with van der Waals surface area (Å²) in [6.07, 6.45) is 4.18. The lowest BCUT2D eigenvalue weighted by atomic mass is 10.2. The SMILES string of the molecule is CC(=O)O[C@@H](/C=C(\C)CCC=O)[Si](C)(C)C. The van der Waals surface area contributed by atoms with Crippen LogP contribution < -0.4 is 0 Å². The van der Waals surface area contributed by atoms with Gasteiger partial charge in [0, 0.05) is 13.3 Å². The van der Waals surface area contributed by atoms with E-state index in [2.05, 4.69) is 19.6 Å². The zero-order valence-electron chi connectivity index (χ0n) is 10.9. The molecule has 0 unspecified atom stereocenters. The Kier molecular flexibility index (Phi) is 6.26. The highest BCUT2D eigenvalue weighted by molar-refractivity contribution is 6.77. The molecule has 0 aliphatic rings. The standard InChI is InChI=1S/C12H22O3Si/c1-10(7-6-8-13)9-12(15-11(2)14)16(3,4)5/h8-9,12H,6-7H2,1-5H3/b10-9+/t12-/m1/s1. The lowest BCUT2D eigenvalue weighted by Gasteiger charge is -2.26. The summed E-state index contributed by atoms with van der Waals surface area (Å²) in [5, 5.41) is 0. The summed E-state index contributed by atoms with van der Waals surface area (Å²) < 4.78 is 5.32. The Hall–Kier alpha value is -0.903. The zero-order valence-corrected chi connectivity index (χ0v) is 11.9. The van der Waals surface area contributed by atoms with Crippen molar-refractivity contribution in [2.45, 2.75) is 52.1 Å². The topological polar surface area (TPSA) is 43.4 Å². The molecule has 16 heavy (non-hydrogen) atoms. The van der Waals surface area contributed by atoms with Crippen molar-refractivity contribution < 1.29 is 14.3 Å². The first kappa shape index (κ1) is 15.1. The molecular formula is C12H22O3Si. The summed E-state index contributed by atoms with van der Waals surface area (Å²) in [6, 6.07) is 0. The second kappa shape index (κ2) is 6.63. The van der Waals surface area contributed by atoms with Crippen LogP contribution in [-0.4, -0.2) is 26.1 Å². The lowest BCUT2D eigenvalue weighted by Crippen LogP contribution is -2.40. The first-order valence-corrected chi connectivity index (χ1v) is 9.13. The molecule has 0 spiro atoms. The van der Waals surface area contributed by atoms with Crippen LogP contribution in [0.1, 0.15) is 26.7 Å². The average Bonchev–Trinajstić information content (AvgIpc) is 2.11. The number of hydrogen-bond acceptors (Lipinski definition) is 3. The highest BCUT2D eigenvalue weighted by Crippen LogP contribution is 2.16. The van der Waals surface area contributed by atoms with Crippen LogP contribution in [0.3, 0.4) is 0 Å². The van der Waals surface area contributed by atoms with E-state index in [0.29, 0.717) is 6.42 Å². The Morgan fingerprint density at radius 3 is 2.25 bits per heavy atom. The Balaban J connectivity index is 4.64. The molecule has 0 heterocycles. The van der Waals surface area contributed by atoms with E-state index >= 15 is 0 Å². The van der Waals surface area contributed by atoms with Gasteiger partial charge in [-0.15, -0.1) is 0 Å². The van der Waals surface area contributed by atoms with E-state index in [4.69, 9.17) is 4.74 Å². The molecule has 0 amide bonds. The van der Waals surface area contributed by atoms with Gasteiger partial charge in [-0.1, -0.05) is 25.2 Å². The quantitative estimate of drug-likeness (QED) is 0.311. The van der Waals surface area contributed by atoms with Crippen LogP contribution in [0.4, 0.5) is 0 Å². The fraction of sp³-hybridized carbons (Fsp3) is 0.667. The van der Waals surface area contributed by atoms with E-state index in [0.717, 1.165) is 18.3 Å². The molecule has 1 atom stereocenters. The van der Waals surface area contributed by atoms with Gasteiger partial charge in [-0.3, -0.25) is 4.79 Å². The molecule has 0 bridgehead atoms. The molecule has 0 aromatic rings. The number of hydrogen-bond donors (Lipinski definition) is 0. The number of aldehydes is 1. The second-order valence-electron chi connectivity index (χ2n) is 5.11. The molecular weight excluding hydrogens is 220 g/mol. The molecule has 0 rings (SSSR count). The van der Waals surface area contributed by atoms with E-state index in [1.165, 1.54) is 6.92 Å². The molecule has 0 aromatic carbocycles. The fourth-order valence-electron chi connectivity index (χ4n) is 1.27. The molecule has 0 saturated carbocycles. The van der Waals surface area contributed by atoms with Crippen molar-refractivity contribution in [2.24, 2.45) is 0 Å². The highest BCUT2D eigenvalue weighted by atomic mass is 28.3. The van der Waals surface area contributed by atoms with Crippen molar-refractivity contribution >= 4 is 20.3 Å². The van der Waals surface area contributed by atoms with Gasteiger partial charge < -0.3 is 9.53 Å². The molecule has 0 aliphatic heterocycles. The van der Waals surface area contributed by atoms with Crippen molar-refractivity contribution in [2.75, 3.05) is 0 Å². The summed E-state index contributed by atoms with van der Waals surface area (Å²) in [7, 11) is -1.56. The molecule has 0 saturated heterocycles. The van der Waals surface area contributed by atoms with Gasteiger partial charge in [0.2, 0.25) is 0 Å². The van der Waals surface area contributed by atoms with Crippen molar-refractivity contribution in [1.29, 1.82) is 0 Å². The summed E-state index contributed by atoms with van der Waals surface area (Å²) in [5.74, 6) is -0.244. The van der Waals surface area contributed by atoms with Crippen molar-refractivity contribution in [3.8, 4) is 0 Å². The maximum absolute atomic E-state index is 11.0. The van der Waals surface area contributed by atoms with Crippen LogP contribution >= 0.6 is 0 Å². The molecule has 3 nitrogen and oxygen atoms in total. The maximum Gasteiger partial charge on any atom is 0.302 e. The molecule has 0 fully saturated rings. The highest BCUT2D eigenvalue weighted by Gasteiger charge is 2.27. The summed E-state index contributed by atoms with van der Waals surface area (Å²) in [4.78, 5) is 21.3. The monoisotopic (exact) mass is 242 g/mol. The summed E-state index contributed by atoms with van der Waals surface area (Å²) >= 11 is 0. The van der Waals surface area contributed by atoms with Crippen LogP contribution in [0.2, 0.25) is 19.6 Å². The van der Waals surface area contributed by atoms with E-state index in [1.54, 1.807) is 0 Å². The van der Waals surface area contributed by atoms with E-state index in [9.17, 15) is 9.59 Å². The Bertz CT molecular complexity index is 276. The number of carbonyl (C=O) groups excluding carboxylic acids is 2. The predicted molar refractivity (Wildman–Crippen MR) is 68.0 cm³/mol. The normalized spacial score (nSPS) is 14.4. The third kappa shape index (κ3) is 6.56. The second-order valence-corrected chi connectivity index (χ2v) is 10.4. The van der Waals surface area contributed by atoms with Gasteiger partial charge in [-0.05, 0) is 19.4 Å². The number of carbonyl (C=O) groups is 2. The van der Waals surface area contributed by atoms with E-state index in [-0.39, 0.29) is 11.7 Å². The Morgan fingerprint density at radius 2 is 1.88 bits per heavy atom. The molecule has 0 aliphatic carbocycles. The zero-order chi connectivity index (χ0) is 12.8. The molecule has 0 aromatic heterocycles. The van der Waals surface area contributed by atoms with Crippen LogP contribution in [0, 0.1) is 0 Å². The van der Waals surface area contributed by atoms with Crippen molar-refractivity contribution in [3.63, 3.8) is 0 Å². The minimum atomic E-state index is -1.56. The average molecular weight is 242 g/mol. The summed E-state index contributed by atoms with van der Waals surface area (Å²) in [6.45, 7) is 9.88. The predicted octanol–water partition coefficient (Wildman–Crippen LogP) is 2.72. The largest absolute Gasteiger partial charge is 0.462 e. The van der Waals surface area contributed by atoms with Crippen LogP contribution in [0.25, 0.3) is 0 Å². The number of esters is 1. The minimum Gasteiger partial charge on any atom is -0.462 e. The minimum absolute atomic E-state index is 0.100. The van der Waals surface area contributed by atoms with Gasteiger partial charge in [0.25, 0.3) is 0 Å². The van der Waals surface area contributed by atoms with Crippen molar-refractivity contribution in [1.82, 2.24) is 0 Å². The Labute approximate surface area is 98.9 Å². The van der Waals surface area contributed by atoms with Gasteiger partial charge in [0.05, 0.1) is 8.07 Å². The van der Waals surface area contributed by atoms with Crippen LogP contribution in [-0.2, 0) is 14.3 Å². The van der Waals surface area contributed by atoms with Gasteiger partial charge in [-0.25, -0.2) is 0 Å². The lowest BCUT2D eigenvalue weighted by molar-refractivity contribution is -0.141. The van der Waals surface area contributed by atoms with E-state index < -0.39 is 8.07 Å². The fourth-order valence-corrected chi connectivity index (χ4v) is 2.57. The molecule has 4 heteroatoms. The van der Waals surface area contributed by atoms with Crippen molar-refractivity contribution in [3.05, 3.63) is 11.6 Å². The molecule has 0 radical (unpaired) electrons. The van der Waals surface area contributed by atoms with Gasteiger partial charge >= 0.3 is 5.97 Å². The van der Waals surface area contributed by atoms with Gasteiger partial charge in [0.15, 0.2) is 0 Å². The van der Waals surface area contributed by atoms with Gasteiger partial charge in [0.1, 0.15) is 12.0 Å². The number of ether oxygens (including phenoxy) is 1. The maximum atomic E-state index is 11.0. The first-order valence-electron chi connectivity index (χ1n) is 5.55. The third-order valence-electron chi connectivity index (χ3n) is 2.24. The smallest absolute Gasteiger partial charge is 0.302 e. The molecule has 0 N–H and O–H groups in total. The number of rotatable bonds is 6. The molecule has 92 valence electrons. The van der Waals surface area contributed by atoms with Crippen LogP contribution in [0.5, 0.6) is 0 Å². The van der Waals surface area contributed by atoms with E-state index in [1.807, 2.05) is 13.0 Å². The van der Waals surface area contributed by atoms with Crippen LogP contribution in [0.15, 0.2) is 11.6 Å². The Morgan fingerprint density at radius 1 is 1.31 bits per heavy atom.